The van der Waals surface area contributed by atoms with Gasteiger partial charge in [0, 0.05) is 28.4 Å². The Bertz CT molecular complexity index is 641. The Morgan fingerprint density at radius 2 is 1.90 bits per heavy atom. The van der Waals surface area contributed by atoms with Crippen LogP contribution in [0.2, 0.25) is 0 Å². The fraction of sp³-hybridized carbons (Fsp3) is 0.417. The highest BCUT2D eigenvalue weighted by molar-refractivity contribution is 7.92. The Balaban J connectivity index is 2.80. The van der Waals surface area contributed by atoms with Gasteiger partial charge >= 0.3 is 0 Å². The summed E-state index contributed by atoms with van der Waals surface area (Å²) in [5, 5.41) is -0.985. The summed E-state index contributed by atoms with van der Waals surface area (Å²) in [5.74, 6) is -3.32. The minimum atomic E-state index is -3.27. The van der Waals surface area contributed by atoms with E-state index in [1.807, 2.05) is 0 Å². The molecule has 0 spiro atoms. The van der Waals surface area contributed by atoms with Crippen molar-refractivity contribution in [2.24, 2.45) is 0 Å². The first-order valence-electron chi connectivity index (χ1n) is 5.66. The van der Waals surface area contributed by atoms with Crippen molar-refractivity contribution in [2.45, 2.75) is 12.2 Å². The van der Waals surface area contributed by atoms with Crippen LogP contribution >= 0.6 is 0 Å². The topological polar surface area (TPSA) is 68.3 Å². The lowest BCUT2D eigenvalue weighted by atomic mass is 10.1. The van der Waals surface area contributed by atoms with E-state index in [0.29, 0.717) is 0 Å². The zero-order valence-electron chi connectivity index (χ0n) is 10.9. The molecule has 0 N–H and O–H groups in total. The largest absolute Gasteiger partial charge is 0.293 e. The Kier molecular flexibility index (Phi) is 5.52. The Morgan fingerprint density at radius 3 is 2.40 bits per heavy atom. The molecule has 0 saturated heterocycles. The second-order valence-electron chi connectivity index (χ2n) is 4.35. The molecule has 1 aromatic rings. The van der Waals surface area contributed by atoms with E-state index in [1.165, 1.54) is 6.92 Å². The summed E-state index contributed by atoms with van der Waals surface area (Å²) < 4.78 is 59.5. The van der Waals surface area contributed by atoms with Gasteiger partial charge < -0.3 is 0 Å². The molecule has 0 radical (unpaired) electrons. The molecule has 112 valence electrons. The normalized spacial score (nSPS) is 14.8. The maximum atomic E-state index is 13.0. The third-order valence-electron chi connectivity index (χ3n) is 2.62. The average molecular weight is 324 g/mol. The second kappa shape index (κ2) is 6.53. The molecule has 0 heterocycles. The van der Waals surface area contributed by atoms with E-state index in [0.717, 1.165) is 24.5 Å². The number of carbonyl (C=O) groups excluding carboxylic acids is 1. The predicted molar refractivity (Wildman–Crippen MR) is 72.9 cm³/mol. The highest BCUT2D eigenvalue weighted by Gasteiger charge is 2.23. The fourth-order valence-corrected chi connectivity index (χ4v) is 4.01. The lowest BCUT2D eigenvalue weighted by molar-refractivity contribution is 0.0992. The van der Waals surface area contributed by atoms with Crippen LogP contribution in [0.5, 0.6) is 0 Å². The van der Waals surface area contributed by atoms with E-state index in [2.05, 4.69) is 0 Å². The minimum Gasteiger partial charge on any atom is -0.293 e. The molecule has 0 fully saturated rings. The number of sulfone groups is 1. The van der Waals surface area contributed by atoms with Gasteiger partial charge in [0.05, 0.1) is 11.0 Å². The van der Waals surface area contributed by atoms with Crippen LogP contribution in [0.3, 0.4) is 0 Å². The van der Waals surface area contributed by atoms with E-state index in [9.17, 15) is 26.2 Å². The number of Topliss-reactive ketones (excluding diaryl/α,β-unsaturated/α-hetero) is 1. The molecule has 0 amide bonds. The van der Waals surface area contributed by atoms with Crippen molar-refractivity contribution < 1.29 is 26.2 Å². The van der Waals surface area contributed by atoms with Crippen LogP contribution in [0.4, 0.5) is 8.78 Å². The molecule has 20 heavy (non-hydrogen) atoms. The van der Waals surface area contributed by atoms with Gasteiger partial charge in [-0.25, -0.2) is 17.2 Å². The number of halogens is 2. The number of hydrogen-bond donors (Lipinski definition) is 0. The van der Waals surface area contributed by atoms with Crippen LogP contribution in [0.25, 0.3) is 0 Å². The van der Waals surface area contributed by atoms with Gasteiger partial charge in [-0.05, 0) is 25.1 Å². The Labute approximate surface area is 118 Å². The SMILES string of the molecule is CC(C(=O)c1ccc(F)c(F)c1)S(=O)CCS(C)(=O)=O. The molecule has 1 rings (SSSR count). The van der Waals surface area contributed by atoms with Crippen LogP contribution in [0, 0.1) is 11.6 Å². The summed E-state index contributed by atoms with van der Waals surface area (Å²) in [7, 11) is -4.97. The fourth-order valence-electron chi connectivity index (χ4n) is 1.41. The monoisotopic (exact) mass is 324 g/mol. The van der Waals surface area contributed by atoms with Crippen LogP contribution < -0.4 is 0 Å². The second-order valence-corrected chi connectivity index (χ2v) is 8.49. The first kappa shape index (κ1) is 16.9. The van der Waals surface area contributed by atoms with E-state index in [-0.39, 0.29) is 17.1 Å². The van der Waals surface area contributed by atoms with Crippen molar-refractivity contribution in [3.05, 3.63) is 35.4 Å². The molecule has 0 aromatic heterocycles. The van der Waals surface area contributed by atoms with E-state index in [1.54, 1.807) is 0 Å². The standard InChI is InChI=1S/C12H14F2O4S2/c1-8(19(16)5-6-20(2,17)18)12(15)9-3-4-10(13)11(14)7-9/h3-4,7-8H,5-6H2,1-2H3. The number of carbonyl (C=O) groups is 1. The van der Waals surface area contributed by atoms with Crippen LogP contribution in [0.1, 0.15) is 17.3 Å². The molecule has 0 aliphatic carbocycles. The molecule has 2 atom stereocenters. The van der Waals surface area contributed by atoms with Gasteiger partial charge in [0.15, 0.2) is 17.4 Å². The summed E-state index contributed by atoms with van der Waals surface area (Å²) in [6.45, 7) is 1.36. The summed E-state index contributed by atoms with van der Waals surface area (Å²) in [5.41, 5.74) is -0.0934. The third kappa shape index (κ3) is 4.75. The lowest BCUT2D eigenvalue weighted by Gasteiger charge is -2.10. The zero-order valence-corrected chi connectivity index (χ0v) is 12.6. The molecule has 4 nitrogen and oxygen atoms in total. The van der Waals surface area contributed by atoms with Crippen LogP contribution in [0.15, 0.2) is 18.2 Å². The van der Waals surface area contributed by atoms with Gasteiger partial charge in [-0.3, -0.25) is 9.00 Å². The van der Waals surface area contributed by atoms with Gasteiger partial charge in [-0.15, -0.1) is 0 Å². The van der Waals surface area contributed by atoms with Crippen molar-refractivity contribution >= 4 is 26.4 Å². The molecule has 0 aliphatic heterocycles. The van der Waals surface area contributed by atoms with Crippen molar-refractivity contribution in [1.29, 1.82) is 0 Å². The average Bonchev–Trinajstić information content (AvgIpc) is 2.36. The van der Waals surface area contributed by atoms with Crippen molar-refractivity contribution in [2.75, 3.05) is 17.8 Å². The molecule has 8 heteroatoms. The van der Waals surface area contributed by atoms with Gasteiger partial charge in [0.1, 0.15) is 9.84 Å². The van der Waals surface area contributed by atoms with Gasteiger partial charge in [-0.1, -0.05) is 0 Å². The Hall–Kier alpha value is -1.15. The smallest absolute Gasteiger partial charge is 0.178 e. The van der Waals surface area contributed by atoms with Crippen molar-refractivity contribution in [1.82, 2.24) is 0 Å². The highest BCUT2D eigenvalue weighted by Crippen LogP contribution is 2.13. The zero-order chi connectivity index (χ0) is 15.5. The molecular weight excluding hydrogens is 310 g/mol. The molecule has 0 bridgehead atoms. The molecule has 0 saturated carbocycles. The summed E-state index contributed by atoms with van der Waals surface area (Å²) >= 11 is 0. The Morgan fingerprint density at radius 1 is 1.30 bits per heavy atom. The van der Waals surface area contributed by atoms with Crippen molar-refractivity contribution in [3.63, 3.8) is 0 Å². The predicted octanol–water partition coefficient (Wildman–Crippen LogP) is 1.33. The summed E-state index contributed by atoms with van der Waals surface area (Å²) in [6, 6.07) is 2.65. The van der Waals surface area contributed by atoms with Gasteiger partial charge in [-0.2, -0.15) is 0 Å². The summed E-state index contributed by atoms with van der Waals surface area (Å²) in [4.78, 5) is 11.9. The van der Waals surface area contributed by atoms with E-state index >= 15 is 0 Å². The molecule has 0 aliphatic rings. The molecular formula is C12H14F2O4S2. The van der Waals surface area contributed by atoms with Gasteiger partial charge in [0.25, 0.3) is 0 Å². The van der Waals surface area contributed by atoms with Gasteiger partial charge in [0.2, 0.25) is 0 Å². The maximum Gasteiger partial charge on any atom is 0.178 e. The van der Waals surface area contributed by atoms with Crippen molar-refractivity contribution in [3.8, 4) is 0 Å². The first-order chi connectivity index (χ1) is 9.11. The highest BCUT2D eigenvalue weighted by atomic mass is 32.2. The summed E-state index contributed by atoms with van der Waals surface area (Å²) in [6.07, 6.45) is 1.01. The van der Waals surface area contributed by atoms with Crippen LogP contribution in [-0.2, 0) is 20.6 Å². The quantitative estimate of drug-likeness (QED) is 0.740. The van der Waals surface area contributed by atoms with E-state index in [4.69, 9.17) is 0 Å². The number of hydrogen-bond acceptors (Lipinski definition) is 4. The molecule has 1 aromatic carbocycles. The van der Waals surface area contributed by atoms with E-state index < -0.39 is 43.3 Å². The number of ketones is 1. The lowest BCUT2D eigenvalue weighted by Crippen LogP contribution is -2.27. The number of rotatable bonds is 6. The number of benzene rings is 1. The minimum absolute atomic E-state index is 0.0934. The maximum absolute atomic E-state index is 13.0. The molecule has 2 unspecified atom stereocenters. The first-order valence-corrected chi connectivity index (χ1v) is 9.10. The van der Waals surface area contributed by atoms with Crippen LogP contribution in [-0.4, -0.2) is 41.4 Å². The third-order valence-corrected chi connectivity index (χ3v) is 5.44.